The monoisotopic (exact) mass is 270 g/mol. The van der Waals surface area contributed by atoms with Crippen LogP contribution in [0.25, 0.3) is 0 Å². The quantitative estimate of drug-likeness (QED) is 0.635. The van der Waals surface area contributed by atoms with E-state index in [1.165, 1.54) is 0 Å². The molecule has 0 bridgehead atoms. The number of carbonyl (C=O) groups excluding carboxylic acids is 1. The zero-order valence-corrected chi connectivity index (χ0v) is 10.5. The van der Waals surface area contributed by atoms with E-state index in [4.69, 9.17) is 28.6 Å². The summed E-state index contributed by atoms with van der Waals surface area (Å²) in [6.45, 7) is 0.436. The maximum atomic E-state index is 11.2. The Bertz CT molecular complexity index is 453. The van der Waals surface area contributed by atoms with Gasteiger partial charge < -0.3 is 15.4 Å². The maximum absolute atomic E-state index is 11.2. The molecule has 1 heterocycles. The van der Waals surface area contributed by atoms with Crippen LogP contribution in [0.5, 0.6) is 0 Å². The number of para-hydroxylation sites is 1. The Kier molecular flexibility index (Phi) is 3.81. The number of ether oxygens (including phenoxy) is 1. The lowest BCUT2D eigenvalue weighted by molar-refractivity contribution is -0.139. The highest BCUT2D eigenvalue weighted by Crippen LogP contribution is 2.20. The van der Waals surface area contributed by atoms with Crippen molar-refractivity contribution in [2.24, 2.45) is 0 Å². The molecular formula is C11H11ClN2O2S. The number of anilines is 1. The fraction of sp³-hybridized carbons (Fsp3) is 0.273. The molecule has 1 fully saturated rings. The molecule has 1 aromatic carbocycles. The van der Waals surface area contributed by atoms with Gasteiger partial charge in [0.05, 0.1) is 17.3 Å². The molecule has 6 heteroatoms. The molecule has 4 nitrogen and oxygen atoms in total. The molecule has 2 N–H and O–H groups in total. The van der Waals surface area contributed by atoms with Crippen LogP contribution >= 0.6 is 23.8 Å². The number of benzene rings is 1. The molecule has 1 unspecified atom stereocenters. The summed E-state index contributed by atoms with van der Waals surface area (Å²) >= 11 is 11.1. The minimum absolute atomic E-state index is 0.270. The predicted octanol–water partition coefficient (Wildman–Crippen LogP) is 1.94. The van der Waals surface area contributed by atoms with E-state index in [-0.39, 0.29) is 12.0 Å². The second kappa shape index (κ2) is 5.33. The van der Waals surface area contributed by atoms with Gasteiger partial charge in [-0.2, -0.15) is 0 Å². The predicted molar refractivity (Wildman–Crippen MR) is 70.2 cm³/mol. The fourth-order valence-electron chi connectivity index (χ4n) is 1.51. The third-order valence-electron chi connectivity index (χ3n) is 2.36. The standard InChI is InChI=1S/C11H11ClN2O2S/c12-7-3-1-2-4-8(7)13-11(17)14-9-5-6-16-10(9)15/h1-4,9H,5-6H2,(H2,13,14,17). The summed E-state index contributed by atoms with van der Waals surface area (Å²) in [6, 6.07) is 6.89. The topological polar surface area (TPSA) is 50.4 Å². The zero-order valence-electron chi connectivity index (χ0n) is 8.90. The number of halogens is 1. The number of cyclic esters (lactones) is 1. The summed E-state index contributed by atoms with van der Waals surface area (Å²) < 4.78 is 4.83. The van der Waals surface area contributed by atoms with Gasteiger partial charge in [0.15, 0.2) is 5.11 Å². The fourth-order valence-corrected chi connectivity index (χ4v) is 1.94. The van der Waals surface area contributed by atoms with Crippen LogP contribution in [0.15, 0.2) is 24.3 Å². The average molecular weight is 271 g/mol. The highest BCUT2D eigenvalue weighted by Gasteiger charge is 2.26. The number of carbonyl (C=O) groups is 1. The summed E-state index contributed by atoms with van der Waals surface area (Å²) in [6.07, 6.45) is 0.628. The SMILES string of the molecule is O=C1OCCC1NC(=S)Nc1ccccc1Cl. The normalized spacial score (nSPS) is 18.6. The number of thiocarbonyl (C=S) groups is 1. The Labute approximate surface area is 109 Å². The molecule has 0 aromatic heterocycles. The Morgan fingerprint density at radius 3 is 2.88 bits per heavy atom. The lowest BCUT2D eigenvalue weighted by atomic mass is 10.2. The van der Waals surface area contributed by atoms with Crippen molar-refractivity contribution in [3.05, 3.63) is 29.3 Å². The largest absolute Gasteiger partial charge is 0.464 e. The average Bonchev–Trinajstić information content (AvgIpc) is 2.68. The van der Waals surface area contributed by atoms with Crippen LogP contribution in [0.3, 0.4) is 0 Å². The van der Waals surface area contributed by atoms with Crippen molar-refractivity contribution >= 4 is 40.6 Å². The summed E-state index contributed by atoms with van der Waals surface area (Å²) in [5.41, 5.74) is 0.707. The highest BCUT2D eigenvalue weighted by molar-refractivity contribution is 7.80. The number of hydrogen-bond acceptors (Lipinski definition) is 3. The van der Waals surface area contributed by atoms with Gasteiger partial charge in [-0.1, -0.05) is 23.7 Å². The van der Waals surface area contributed by atoms with Gasteiger partial charge in [0.25, 0.3) is 0 Å². The zero-order chi connectivity index (χ0) is 12.3. The first-order chi connectivity index (χ1) is 8.16. The molecule has 0 radical (unpaired) electrons. The minimum Gasteiger partial charge on any atom is -0.464 e. The van der Waals surface area contributed by atoms with Gasteiger partial charge in [-0.25, -0.2) is 4.79 Å². The molecule has 2 rings (SSSR count). The number of rotatable bonds is 2. The Hall–Kier alpha value is -1.33. The lowest BCUT2D eigenvalue weighted by Crippen LogP contribution is -2.40. The molecule has 1 aromatic rings. The molecule has 1 saturated heterocycles. The molecule has 1 aliphatic heterocycles. The van der Waals surface area contributed by atoms with E-state index in [9.17, 15) is 4.79 Å². The first kappa shape index (κ1) is 12.1. The van der Waals surface area contributed by atoms with Crippen LogP contribution in [0.1, 0.15) is 6.42 Å². The third-order valence-corrected chi connectivity index (χ3v) is 2.91. The van der Waals surface area contributed by atoms with Crippen LogP contribution in [0.2, 0.25) is 5.02 Å². The van der Waals surface area contributed by atoms with E-state index >= 15 is 0 Å². The van der Waals surface area contributed by atoms with Gasteiger partial charge in [-0.15, -0.1) is 0 Å². The van der Waals surface area contributed by atoms with E-state index in [1.807, 2.05) is 18.2 Å². The van der Waals surface area contributed by atoms with Gasteiger partial charge in [0.2, 0.25) is 0 Å². The Morgan fingerprint density at radius 2 is 2.24 bits per heavy atom. The van der Waals surface area contributed by atoms with Crippen molar-refractivity contribution < 1.29 is 9.53 Å². The molecule has 0 aliphatic carbocycles. The number of nitrogens with one attached hydrogen (secondary N) is 2. The van der Waals surface area contributed by atoms with Crippen molar-refractivity contribution in [1.82, 2.24) is 5.32 Å². The smallest absolute Gasteiger partial charge is 0.328 e. The van der Waals surface area contributed by atoms with E-state index in [0.717, 1.165) is 0 Å². The van der Waals surface area contributed by atoms with Crippen molar-refractivity contribution in [2.45, 2.75) is 12.5 Å². The first-order valence-corrected chi connectivity index (χ1v) is 5.94. The van der Waals surface area contributed by atoms with Crippen LogP contribution in [0, 0.1) is 0 Å². The molecular weight excluding hydrogens is 260 g/mol. The van der Waals surface area contributed by atoms with E-state index in [2.05, 4.69) is 10.6 Å². The number of hydrogen-bond donors (Lipinski definition) is 2. The van der Waals surface area contributed by atoms with Gasteiger partial charge in [-0.05, 0) is 24.4 Å². The van der Waals surface area contributed by atoms with Gasteiger partial charge in [0, 0.05) is 6.42 Å². The molecule has 1 atom stereocenters. The summed E-state index contributed by atoms with van der Waals surface area (Å²) in [5.74, 6) is -0.270. The maximum Gasteiger partial charge on any atom is 0.328 e. The number of esters is 1. The second-order valence-corrected chi connectivity index (χ2v) is 4.40. The summed E-state index contributed by atoms with van der Waals surface area (Å²) in [5, 5.41) is 6.77. The Morgan fingerprint density at radius 1 is 1.47 bits per heavy atom. The molecule has 0 saturated carbocycles. The second-order valence-electron chi connectivity index (χ2n) is 3.59. The first-order valence-electron chi connectivity index (χ1n) is 5.15. The van der Waals surface area contributed by atoms with Crippen molar-refractivity contribution in [3.8, 4) is 0 Å². The lowest BCUT2D eigenvalue weighted by Gasteiger charge is -2.13. The minimum atomic E-state index is -0.363. The Balaban J connectivity index is 1.93. The van der Waals surface area contributed by atoms with Crippen LogP contribution in [0.4, 0.5) is 5.69 Å². The summed E-state index contributed by atoms with van der Waals surface area (Å²) in [7, 11) is 0. The molecule has 90 valence electrons. The van der Waals surface area contributed by atoms with Crippen LogP contribution in [-0.4, -0.2) is 23.7 Å². The summed E-state index contributed by atoms with van der Waals surface area (Å²) in [4.78, 5) is 11.2. The highest BCUT2D eigenvalue weighted by atomic mass is 35.5. The molecule has 0 spiro atoms. The van der Waals surface area contributed by atoms with E-state index in [1.54, 1.807) is 6.07 Å². The molecule has 0 amide bonds. The van der Waals surface area contributed by atoms with Gasteiger partial charge >= 0.3 is 5.97 Å². The van der Waals surface area contributed by atoms with Crippen LogP contribution in [-0.2, 0) is 9.53 Å². The van der Waals surface area contributed by atoms with Crippen molar-refractivity contribution in [3.63, 3.8) is 0 Å². The van der Waals surface area contributed by atoms with Crippen LogP contribution < -0.4 is 10.6 Å². The van der Waals surface area contributed by atoms with Crippen molar-refractivity contribution in [2.75, 3.05) is 11.9 Å². The molecule has 1 aliphatic rings. The third kappa shape index (κ3) is 3.08. The van der Waals surface area contributed by atoms with Gasteiger partial charge in [0.1, 0.15) is 6.04 Å². The van der Waals surface area contributed by atoms with E-state index in [0.29, 0.717) is 28.9 Å². The van der Waals surface area contributed by atoms with E-state index < -0.39 is 0 Å². The van der Waals surface area contributed by atoms with Gasteiger partial charge in [-0.3, -0.25) is 0 Å². The molecule has 17 heavy (non-hydrogen) atoms. The van der Waals surface area contributed by atoms with Crippen molar-refractivity contribution in [1.29, 1.82) is 0 Å².